The molecule has 3 rings (SSSR count). The molecule has 0 unspecified atom stereocenters. The summed E-state index contributed by atoms with van der Waals surface area (Å²) in [5.74, 6) is -0.0180. The fourth-order valence-electron chi connectivity index (χ4n) is 2.97. The molecular formula is C23H22ClNO6S. The van der Waals surface area contributed by atoms with Gasteiger partial charge in [-0.1, -0.05) is 48.0 Å². The molecule has 0 heterocycles. The molecule has 3 aromatic rings. The maximum atomic E-state index is 13.3. The van der Waals surface area contributed by atoms with Gasteiger partial charge in [-0.25, -0.2) is 13.2 Å². The first-order valence-electron chi connectivity index (χ1n) is 9.49. The average Bonchev–Trinajstić information content (AvgIpc) is 2.82. The van der Waals surface area contributed by atoms with Gasteiger partial charge in [-0.05, 0) is 29.8 Å². The molecule has 0 aliphatic heterocycles. The van der Waals surface area contributed by atoms with E-state index in [-0.39, 0.29) is 33.5 Å². The van der Waals surface area contributed by atoms with Crippen molar-refractivity contribution in [3.05, 3.63) is 82.9 Å². The van der Waals surface area contributed by atoms with Crippen LogP contribution < -0.4 is 13.8 Å². The Balaban J connectivity index is 1.87. The van der Waals surface area contributed by atoms with Crippen LogP contribution in [-0.4, -0.2) is 35.7 Å². The maximum Gasteiger partial charge on any atom is 0.338 e. The summed E-state index contributed by atoms with van der Waals surface area (Å²) in [4.78, 5) is 12.4. The minimum atomic E-state index is -4.04. The van der Waals surface area contributed by atoms with Gasteiger partial charge >= 0.3 is 5.97 Å². The average molecular weight is 476 g/mol. The van der Waals surface area contributed by atoms with E-state index in [9.17, 15) is 13.2 Å². The fourth-order valence-corrected chi connectivity index (χ4v) is 4.45. The third kappa shape index (κ3) is 4.98. The smallest absolute Gasteiger partial charge is 0.338 e. The normalized spacial score (nSPS) is 11.0. The van der Waals surface area contributed by atoms with Crippen LogP contribution in [0.2, 0.25) is 5.02 Å². The van der Waals surface area contributed by atoms with E-state index >= 15 is 0 Å². The van der Waals surface area contributed by atoms with E-state index in [2.05, 4.69) is 0 Å². The highest BCUT2D eigenvalue weighted by molar-refractivity contribution is 7.92. The molecule has 3 aromatic carbocycles. The lowest BCUT2D eigenvalue weighted by molar-refractivity contribution is 0.0472. The number of methoxy groups -OCH3 is 2. The van der Waals surface area contributed by atoms with Crippen molar-refractivity contribution in [1.29, 1.82) is 0 Å². The third-order valence-electron chi connectivity index (χ3n) is 4.73. The van der Waals surface area contributed by atoms with Crippen molar-refractivity contribution in [3.63, 3.8) is 0 Å². The highest BCUT2D eigenvalue weighted by Gasteiger charge is 2.26. The van der Waals surface area contributed by atoms with Crippen LogP contribution in [0.15, 0.2) is 71.6 Å². The van der Waals surface area contributed by atoms with Gasteiger partial charge in [0.15, 0.2) is 0 Å². The lowest BCUT2D eigenvalue weighted by Crippen LogP contribution is -2.27. The molecule has 9 heteroatoms. The zero-order valence-corrected chi connectivity index (χ0v) is 19.3. The highest BCUT2D eigenvalue weighted by atomic mass is 35.5. The topological polar surface area (TPSA) is 82.1 Å². The Morgan fingerprint density at radius 3 is 2.28 bits per heavy atom. The van der Waals surface area contributed by atoms with E-state index in [1.54, 1.807) is 0 Å². The fraction of sp³-hybridized carbons (Fsp3) is 0.174. The third-order valence-corrected chi connectivity index (χ3v) is 6.80. The predicted molar refractivity (Wildman–Crippen MR) is 122 cm³/mol. The Morgan fingerprint density at radius 1 is 0.938 bits per heavy atom. The number of carbonyl (C=O) groups is 1. The quantitative estimate of drug-likeness (QED) is 0.445. The summed E-state index contributed by atoms with van der Waals surface area (Å²) in [7, 11) is 0.194. The van der Waals surface area contributed by atoms with E-state index in [0.29, 0.717) is 5.75 Å². The molecule has 0 aliphatic carbocycles. The molecule has 0 atom stereocenters. The standard InChI is InChI=1S/C23H22ClNO6S/c1-25(20-13-19(24)21(29-2)14-22(20)30-3)32(27,28)18-11-7-10-17(12-18)23(26)31-15-16-8-5-4-6-9-16/h4-14H,15H2,1-3H3. The highest BCUT2D eigenvalue weighted by Crippen LogP contribution is 2.39. The molecule has 0 amide bonds. The number of hydrogen-bond acceptors (Lipinski definition) is 6. The number of esters is 1. The van der Waals surface area contributed by atoms with Gasteiger partial charge in [0.25, 0.3) is 10.0 Å². The van der Waals surface area contributed by atoms with Crippen molar-refractivity contribution < 1.29 is 27.4 Å². The van der Waals surface area contributed by atoms with Crippen LogP contribution in [0.25, 0.3) is 0 Å². The lowest BCUT2D eigenvalue weighted by atomic mass is 10.2. The molecule has 0 saturated carbocycles. The first-order chi connectivity index (χ1) is 15.3. The second-order valence-corrected chi connectivity index (χ2v) is 9.10. The van der Waals surface area contributed by atoms with Gasteiger partial charge < -0.3 is 14.2 Å². The van der Waals surface area contributed by atoms with Crippen molar-refractivity contribution in [2.75, 3.05) is 25.6 Å². The number of benzene rings is 3. The van der Waals surface area contributed by atoms with Gasteiger partial charge in [-0.3, -0.25) is 4.31 Å². The minimum absolute atomic E-state index is 0.0804. The zero-order chi connectivity index (χ0) is 23.3. The Kier molecular flexibility index (Phi) is 7.27. The second-order valence-electron chi connectivity index (χ2n) is 6.72. The minimum Gasteiger partial charge on any atom is -0.495 e. The molecule has 0 saturated heterocycles. The molecule has 0 radical (unpaired) electrons. The van der Waals surface area contributed by atoms with Crippen LogP contribution in [-0.2, 0) is 21.4 Å². The number of anilines is 1. The molecule has 0 aliphatic rings. The van der Waals surface area contributed by atoms with E-state index in [1.807, 2.05) is 30.3 Å². The van der Waals surface area contributed by atoms with Crippen molar-refractivity contribution in [3.8, 4) is 11.5 Å². The Bertz CT molecular complexity index is 1210. The van der Waals surface area contributed by atoms with Gasteiger partial charge in [-0.15, -0.1) is 0 Å². The first kappa shape index (κ1) is 23.4. The summed E-state index contributed by atoms with van der Waals surface area (Å²) < 4.78 is 43.3. The van der Waals surface area contributed by atoms with E-state index in [4.69, 9.17) is 25.8 Å². The van der Waals surface area contributed by atoms with Crippen LogP contribution in [0.1, 0.15) is 15.9 Å². The van der Waals surface area contributed by atoms with Crippen LogP contribution in [0, 0.1) is 0 Å². The molecule has 32 heavy (non-hydrogen) atoms. The van der Waals surface area contributed by atoms with Crippen LogP contribution in [0.5, 0.6) is 11.5 Å². The molecule has 0 fully saturated rings. The number of halogens is 1. The lowest BCUT2D eigenvalue weighted by Gasteiger charge is -2.23. The van der Waals surface area contributed by atoms with Gasteiger partial charge in [0, 0.05) is 13.1 Å². The van der Waals surface area contributed by atoms with Gasteiger partial charge in [0.2, 0.25) is 0 Å². The zero-order valence-electron chi connectivity index (χ0n) is 17.7. The van der Waals surface area contributed by atoms with Gasteiger partial charge in [0.05, 0.1) is 35.4 Å². The molecule has 0 N–H and O–H groups in total. The number of rotatable bonds is 8. The largest absolute Gasteiger partial charge is 0.495 e. The molecule has 0 bridgehead atoms. The van der Waals surface area contributed by atoms with Gasteiger partial charge in [0.1, 0.15) is 18.1 Å². The SMILES string of the molecule is COc1cc(OC)c(N(C)S(=O)(=O)c2cccc(C(=O)OCc3ccccc3)c2)cc1Cl. The summed E-state index contributed by atoms with van der Waals surface area (Å²) in [6, 6.07) is 17.8. The van der Waals surface area contributed by atoms with E-state index in [0.717, 1.165) is 9.87 Å². The number of nitrogens with zero attached hydrogens (tertiary/aromatic N) is 1. The second kappa shape index (κ2) is 9.93. The van der Waals surface area contributed by atoms with Crippen LogP contribution in [0.4, 0.5) is 5.69 Å². The molecule has 0 aromatic heterocycles. The Labute approximate surface area is 192 Å². The number of sulfonamides is 1. The molecule has 0 spiro atoms. The molecule has 168 valence electrons. The Hall–Kier alpha value is -3.23. The number of hydrogen-bond donors (Lipinski definition) is 0. The van der Waals surface area contributed by atoms with Crippen molar-refractivity contribution in [2.24, 2.45) is 0 Å². The monoisotopic (exact) mass is 475 g/mol. The summed E-state index contributed by atoms with van der Waals surface area (Å²) in [6.45, 7) is 0.0814. The molecule has 7 nitrogen and oxygen atoms in total. The van der Waals surface area contributed by atoms with Gasteiger partial charge in [-0.2, -0.15) is 0 Å². The van der Waals surface area contributed by atoms with Crippen molar-refractivity contribution >= 4 is 33.3 Å². The summed E-state index contributed by atoms with van der Waals surface area (Å²) in [5.41, 5.74) is 1.17. The molecular weight excluding hydrogens is 454 g/mol. The van der Waals surface area contributed by atoms with Crippen molar-refractivity contribution in [1.82, 2.24) is 0 Å². The van der Waals surface area contributed by atoms with E-state index < -0.39 is 16.0 Å². The Morgan fingerprint density at radius 2 is 1.62 bits per heavy atom. The predicted octanol–water partition coefficient (Wildman–Crippen LogP) is 4.54. The first-order valence-corrected chi connectivity index (χ1v) is 11.3. The number of carbonyl (C=O) groups excluding carboxylic acids is 1. The van der Waals surface area contributed by atoms with Crippen molar-refractivity contribution in [2.45, 2.75) is 11.5 Å². The van der Waals surface area contributed by atoms with Crippen LogP contribution in [0.3, 0.4) is 0 Å². The summed E-state index contributed by atoms with van der Waals surface area (Å²) >= 11 is 6.19. The maximum absolute atomic E-state index is 13.3. The van der Waals surface area contributed by atoms with Crippen LogP contribution >= 0.6 is 11.6 Å². The summed E-state index contributed by atoms with van der Waals surface area (Å²) in [6.07, 6.45) is 0. The number of ether oxygens (including phenoxy) is 3. The van der Waals surface area contributed by atoms with E-state index in [1.165, 1.54) is 57.7 Å². The summed E-state index contributed by atoms with van der Waals surface area (Å²) in [5, 5.41) is 0.226.